The first-order chi connectivity index (χ1) is 9.66. The number of ether oxygens (including phenoxy) is 1. The topological polar surface area (TPSA) is 81.4 Å². The zero-order chi connectivity index (χ0) is 16.2. The average Bonchev–Trinajstić information content (AvgIpc) is 2.37. The van der Waals surface area contributed by atoms with Gasteiger partial charge in [0.1, 0.15) is 5.82 Å². The van der Waals surface area contributed by atoms with Crippen molar-refractivity contribution in [3.8, 4) is 0 Å². The third-order valence-corrected chi connectivity index (χ3v) is 3.23. The fourth-order valence-corrected chi connectivity index (χ4v) is 1.52. The van der Waals surface area contributed by atoms with E-state index in [1.54, 1.807) is 0 Å². The monoisotopic (exact) mass is 296 g/mol. The summed E-state index contributed by atoms with van der Waals surface area (Å²) in [5.41, 5.74) is 5.18. The standard InChI is InChI=1S/C15H21FN2O3/c1-5-15(3,4)18-13(19)9(2)21-14(20)11-7-6-10(16)8-12(11)17/h6-9H,5,17H2,1-4H3,(H,18,19). The highest BCUT2D eigenvalue weighted by Crippen LogP contribution is 2.16. The molecule has 6 heteroatoms. The van der Waals surface area contributed by atoms with Gasteiger partial charge in [-0.3, -0.25) is 4.79 Å². The van der Waals surface area contributed by atoms with Crippen molar-refractivity contribution in [1.29, 1.82) is 0 Å². The van der Waals surface area contributed by atoms with Crippen molar-refractivity contribution >= 4 is 17.6 Å². The van der Waals surface area contributed by atoms with E-state index in [1.165, 1.54) is 13.0 Å². The average molecular weight is 296 g/mol. The summed E-state index contributed by atoms with van der Waals surface area (Å²) >= 11 is 0. The quantitative estimate of drug-likeness (QED) is 0.645. The van der Waals surface area contributed by atoms with Crippen LogP contribution in [0.25, 0.3) is 0 Å². The maximum Gasteiger partial charge on any atom is 0.341 e. The molecule has 1 amide bonds. The number of halogens is 1. The van der Waals surface area contributed by atoms with Gasteiger partial charge in [-0.2, -0.15) is 0 Å². The zero-order valence-electron chi connectivity index (χ0n) is 12.7. The van der Waals surface area contributed by atoms with E-state index in [1.807, 2.05) is 20.8 Å². The minimum atomic E-state index is -0.965. The molecule has 0 saturated heterocycles. The zero-order valence-corrected chi connectivity index (χ0v) is 12.7. The lowest BCUT2D eigenvalue weighted by atomic mass is 10.0. The Morgan fingerprint density at radius 1 is 1.43 bits per heavy atom. The van der Waals surface area contributed by atoms with E-state index in [9.17, 15) is 14.0 Å². The Kier molecular flexibility index (Phi) is 5.29. The first-order valence-corrected chi connectivity index (χ1v) is 6.74. The number of esters is 1. The fourth-order valence-electron chi connectivity index (χ4n) is 1.52. The van der Waals surface area contributed by atoms with Crippen molar-refractivity contribution in [2.45, 2.75) is 45.8 Å². The Morgan fingerprint density at radius 2 is 2.05 bits per heavy atom. The van der Waals surface area contributed by atoms with Crippen LogP contribution in [0.3, 0.4) is 0 Å². The number of carbonyl (C=O) groups is 2. The van der Waals surface area contributed by atoms with E-state index in [-0.39, 0.29) is 16.8 Å². The molecule has 21 heavy (non-hydrogen) atoms. The van der Waals surface area contributed by atoms with Crippen LogP contribution in [0.5, 0.6) is 0 Å². The molecular formula is C15H21FN2O3. The number of benzene rings is 1. The Hall–Kier alpha value is -2.11. The largest absolute Gasteiger partial charge is 0.449 e. The van der Waals surface area contributed by atoms with Crippen molar-refractivity contribution in [2.75, 3.05) is 5.73 Å². The second-order valence-electron chi connectivity index (χ2n) is 5.51. The van der Waals surface area contributed by atoms with Gasteiger partial charge in [-0.15, -0.1) is 0 Å². The minimum absolute atomic E-state index is 0.0264. The first kappa shape index (κ1) is 16.9. The molecule has 0 aliphatic heterocycles. The summed E-state index contributed by atoms with van der Waals surface area (Å²) in [5.74, 6) is -1.69. The molecule has 0 fully saturated rings. The van der Waals surface area contributed by atoms with Crippen molar-refractivity contribution in [1.82, 2.24) is 5.32 Å². The van der Waals surface area contributed by atoms with E-state index in [0.29, 0.717) is 0 Å². The van der Waals surface area contributed by atoms with Gasteiger partial charge in [0.05, 0.1) is 5.56 Å². The number of anilines is 1. The van der Waals surface area contributed by atoms with Crippen molar-refractivity contribution < 1.29 is 18.7 Å². The van der Waals surface area contributed by atoms with Gasteiger partial charge in [-0.1, -0.05) is 6.92 Å². The fraction of sp³-hybridized carbons (Fsp3) is 0.467. The van der Waals surface area contributed by atoms with Crippen molar-refractivity contribution in [2.24, 2.45) is 0 Å². The Balaban J connectivity index is 2.72. The molecule has 1 aromatic carbocycles. The number of nitrogens with one attached hydrogen (secondary N) is 1. The summed E-state index contributed by atoms with van der Waals surface area (Å²) < 4.78 is 18.0. The predicted octanol–water partition coefficient (Wildman–Crippen LogP) is 2.26. The van der Waals surface area contributed by atoms with E-state index < -0.39 is 23.8 Å². The second-order valence-corrected chi connectivity index (χ2v) is 5.51. The molecule has 116 valence electrons. The first-order valence-electron chi connectivity index (χ1n) is 6.74. The second kappa shape index (κ2) is 6.56. The van der Waals surface area contributed by atoms with E-state index in [2.05, 4.69) is 5.32 Å². The van der Waals surface area contributed by atoms with Gasteiger partial charge in [0, 0.05) is 11.2 Å². The van der Waals surface area contributed by atoms with Crippen LogP contribution in [0.1, 0.15) is 44.5 Å². The molecule has 3 N–H and O–H groups in total. The summed E-state index contributed by atoms with van der Waals surface area (Å²) in [6, 6.07) is 3.37. The molecule has 5 nitrogen and oxygen atoms in total. The summed E-state index contributed by atoms with van der Waals surface area (Å²) in [7, 11) is 0. The molecule has 0 aliphatic rings. The normalized spacial score (nSPS) is 12.6. The SMILES string of the molecule is CCC(C)(C)NC(=O)C(C)OC(=O)c1ccc(F)cc1N. The van der Waals surface area contributed by atoms with Crippen LogP contribution in [0, 0.1) is 5.82 Å². The Labute approximate surface area is 123 Å². The molecule has 0 spiro atoms. The summed E-state index contributed by atoms with van der Waals surface area (Å²) in [4.78, 5) is 23.9. The Morgan fingerprint density at radius 3 is 2.57 bits per heavy atom. The number of amides is 1. The molecule has 1 unspecified atom stereocenters. The highest BCUT2D eigenvalue weighted by molar-refractivity contribution is 5.96. The highest BCUT2D eigenvalue weighted by Gasteiger charge is 2.25. The highest BCUT2D eigenvalue weighted by atomic mass is 19.1. The Bertz CT molecular complexity index is 544. The lowest BCUT2D eigenvalue weighted by Crippen LogP contribution is -2.47. The predicted molar refractivity (Wildman–Crippen MR) is 78.2 cm³/mol. The van der Waals surface area contributed by atoms with Gasteiger partial charge in [0.15, 0.2) is 6.10 Å². The molecule has 1 atom stereocenters. The number of carbonyl (C=O) groups excluding carboxylic acids is 2. The van der Waals surface area contributed by atoms with E-state index in [4.69, 9.17) is 10.5 Å². The summed E-state index contributed by atoms with van der Waals surface area (Å²) in [5, 5.41) is 2.78. The minimum Gasteiger partial charge on any atom is -0.449 e. The van der Waals surface area contributed by atoms with E-state index in [0.717, 1.165) is 18.6 Å². The van der Waals surface area contributed by atoms with Crippen molar-refractivity contribution in [3.63, 3.8) is 0 Å². The van der Waals surface area contributed by atoms with Crippen LogP contribution in [0.4, 0.5) is 10.1 Å². The molecule has 0 saturated carbocycles. The van der Waals surface area contributed by atoms with Crippen LogP contribution in [0.15, 0.2) is 18.2 Å². The summed E-state index contributed by atoms with van der Waals surface area (Å²) in [6.45, 7) is 7.16. The third kappa shape index (κ3) is 4.73. The smallest absolute Gasteiger partial charge is 0.341 e. The van der Waals surface area contributed by atoms with Gasteiger partial charge >= 0.3 is 5.97 Å². The van der Waals surface area contributed by atoms with Gasteiger partial charge in [-0.05, 0) is 45.4 Å². The van der Waals surface area contributed by atoms with Crippen LogP contribution in [-0.2, 0) is 9.53 Å². The molecular weight excluding hydrogens is 275 g/mol. The van der Waals surface area contributed by atoms with Gasteiger partial charge < -0.3 is 15.8 Å². The number of rotatable bonds is 5. The van der Waals surface area contributed by atoms with Gasteiger partial charge in [-0.25, -0.2) is 9.18 Å². The number of nitrogen functional groups attached to an aromatic ring is 1. The van der Waals surface area contributed by atoms with E-state index >= 15 is 0 Å². The molecule has 1 rings (SSSR count). The lowest BCUT2D eigenvalue weighted by molar-refractivity contribution is -0.130. The summed E-state index contributed by atoms with van der Waals surface area (Å²) in [6.07, 6.45) is -0.225. The maximum atomic E-state index is 12.9. The number of hydrogen-bond acceptors (Lipinski definition) is 4. The van der Waals surface area contributed by atoms with Crippen LogP contribution >= 0.6 is 0 Å². The van der Waals surface area contributed by atoms with Crippen LogP contribution in [-0.4, -0.2) is 23.5 Å². The number of hydrogen-bond donors (Lipinski definition) is 2. The van der Waals surface area contributed by atoms with Crippen LogP contribution < -0.4 is 11.1 Å². The number of nitrogens with two attached hydrogens (primary N) is 1. The van der Waals surface area contributed by atoms with Crippen molar-refractivity contribution in [3.05, 3.63) is 29.6 Å². The third-order valence-electron chi connectivity index (χ3n) is 3.23. The van der Waals surface area contributed by atoms with Crippen LogP contribution in [0.2, 0.25) is 0 Å². The maximum absolute atomic E-state index is 12.9. The lowest BCUT2D eigenvalue weighted by Gasteiger charge is -2.26. The van der Waals surface area contributed by atoms with Gasteiger partial charge in [0.25, 0.3) is 5.91 Å². The van der Waals surface area contributed by atoms with Gasteiger partial charge in [0.2, 0.25) is 0 Å². The molecule has 0 bridgehead atoms. The molecule has 0 heterocycles. The molecule has 0 radical (unpaired) electrons. The molecule has 0 aliphatic carbocycles. The molecule has 1 aromatic rings. The molecule has 0 aromatic heterocycles.